The summed E-state index contributed by atoms with van der Waals surface area (Å²) in [5, 5.41) is 37.7. The standard InChI is InChI=1S/C14H32N2O8/c17-7-1-11-21-15(22-12-2-8-18)5-6-16(23-13-3-9-19)24-14-4-10-20/h17-20H,1-14H2. The first-order chi connectivity index (χ1) is 11.8. The minimum Gasteiger partial charge on any atom is -0.396 e. The number of rotatable bonds is 19. The van der Waals surface area contributed by atoms with Gasteiger partial charge in [0.25, 0.3) is 0 Å². The topological polar surface area (TPSA) is 124 Å². The van der Waals surface area contributed by atoms with E-state index in [1.807, 2.05) is 0 Å². The molecule has 24 heavy (non-hydrogen) atoms. The first-order valence-electron chi connectivity index (χ1n) is 8.28. The molecule has 0 atom stereocenters. The molecule has 0 rings (SSSR count). The second-order valence-electron chi connectivity index (χ2n) is 4.75. The first-order valence-corrected chi connectivity index (χ1v) is 8.28. The van der Waals surface area contributed by atoms with E-state index in [-0.39, 0.29) is 26.4 Å². The van der Waals surface area contributed by atoms with E-state index in [0.29, 0.717) is 65.2 Å². The number of nitrogens with zero attached hydrogens (tertiary/aromatic N) is 2. The van der Waals surface area contributed by atoms with E-state index in [0.717, 1.165) is 0 Å². The molecule has 0 aliphatic rings. The van der Waals surface area contributed by atoms with Crippen LogP contribution in [0, 0.1) is 0 Å². The molecule has 0 radical (unpaired) electrons. The Morgan fingerprint density at radius 1 is 0.458 bits per heavy atom. The summed E-state index contributed by atoms with van der Waals surface area (Å²) in [6, 6.07) is 0. The molecule has 4 N–H and O–H groups in total. The van der Waals surface area contributed by atoms with Crippen molar-refractivity contribution in [1.29, 1.82) is 0 Å². The zero-order valence-electron chi connectivity index (χ0n) is 14.2. The summed E-state index contributed by atoms with van der Waals surface area (Å²) in [7, 11) is 0. The monoisotopic (exact) mass is 356 g/mol. The molecular weight excluding hydrogens is 324 g/mol. The zero-order valence-corrected chi connectivity index (χ0v) is 14.2. The van der Waals surface area contributed by atoms with Crippen LogP contribution in [0.4, 0.5) is 0 Å². The van der Waals surface area contributed by atoms with Gasteiger partial charge in [-0.2, -0.15) is 0 Å². The number of aliphatic hydroxyl groups excluding tert-OH is 4. The molecule has 0 spiro atoms. The highest BCUT2D eigenvalue weighted by atomic mass is 17.0. The van der Waals surface area contributed by atoms with Crippen molar-refractivity contribution in [3.8, 4) is 0 Å². The molecule has 0 heterocycles. The van der Waals surface area contributed by atoms with Crippen molar-refractivity contribution < 1.29 is 39.8 Å². The molecule has 0 bridgehead atoms. The fourth-order valence-electron chi connectivity index (χ4n) is 1.42. The molecule has 10 heteroatoms. The van der Waals surface area contributed by atoms with Crippen LogP contribution in [0.2, 0.25) is 0 Å². The molecule has 0 saturated heterocycles. The molecule has 10 nitrogen and oxygen atoms in total. The van der Waals surface area contributed by atoms with Crippen molar-refractivity contribution in [3.63, 3.8) is 0 Å². The number of hydroxylamine groups is 4. The van der Waals surface area contributed by atoms with E-state index in [1.165, 1.54) is 10.5 Å². The predicted octanol–water partition coefficient (Wildman–Crippen LogP) is -1.15. The molecule has 0 aliphatic heterocycles. The summed E-state index contributed by atoms with van der Waals surface area (Å²) in [6.07, 6.45) is 1.90. The van der Waals surface area contributed by atoms with Gasteiger partial charge in [0.15, 0.2) is 0 Å². The average Bonchev–Trinajstić information content (AvgIpc) is 2.59. The van der Waals surface area contributed by atoms with E-state index < -0.39 is 0 Å². The number of hydrogen-bond acceptors (Lipinski definition) is 10. The van der Waals surface area contributed by atoms with Gasteiger partial charge in [-0.25, -0.2) is 0 Å². The molecule has 146 valence electrons. The van der Waals surface area contributed by atoms with Gasteiger partial charge in [-0.1, -0.05) is 10.5 Å². The largest absolute Gasteiger partial charge is 0.396 e. The molecule has 0 saturated carbocycles. The fourth-order valence-corrected chi connectivity index (χ4v) is 1.42. The SMILES string of the molecule is OCCCON(CCN(OCCCO)OCCCO)OCCCO. The highest BCUT2D eigenvalue weighted by molar-refractivity contribution is 4.41. The lowest BCUT2D eigenvalue weighted by atomic mass is 10.5. The van der Waals surface area contributed by atoms with Gasteiger partial charge in [0.2, 0.25) is 0 Å². The van der Waals surface area contributed by atoms with Crippen LogP contribution in [-0.2, 0) is 19.4 Å². The Morgan fingerprint density at radius 3 is 0.917 bits per heavy atom. The smallest absolute Gasteiger partial charge is 0.0733 e. The third-order valence-corrected chi connectivity index (χ3v) is 2.62. The van der Waals surface area contributed by atoms with Crippen LogP contribution in [0.1, 0.15) is 25.7 Å². The summed E-state index contributed by atoms with van der Waals surface area (Å²) in [6.45, 7) is 1.87. The van der Waals surface area contributed by atoms with Crippen LogP contribution < -0.4 is 0 Å². The van der Waals surface area contributed by atoms with Gasteiger partial charge in [-0.05, 0) is 25.7 Å². The van der Waals surface area contributed by atoms with Crippen molar-refractivity contribution >= 4 is 0 Å². The Morgan fingerprint density at radius 2 is 0.708 bits per heavy atom. The molecule has 0 amide bonds. The minimum atomic E-state index is 0.0190. The minimum absolute atomic E-state index is 0.0190. The van der Waals surface area contributed by atoms with Crippen molar-refractivity contribution in [3.05, 3.63) is 0 Å². The molecule has 0 unspecified atom stereocenters. The highest BCUT2D eigenvalue weighted by Gasteiger charge is 2.12. The van der Waals surface area contributed by atoms with E-state index in [1.54, 1.807) is 0 Å². The van der Waals surface area contributed by atoms with Crippen molar-refractivity contribution in [2.75, 3.05) is 65.9 Å². The maximum absolute atomic E-state index is 8.79. The van der Waals surface area contributed by atoms with Crippen LogP contribution in [-0.4, -0.2) is 96.8 Å². The average molecular weight is 356 g/mol. The van der Waals surface area contributed by atoms with Gasteiger partial charge < -0.3 is 20.4 Å². The predicted molar refractivity (Wildman–Crippen MR) is 84.0 cm³/mol. The van der Waals surface area contributed by atoms with Gasteiger partial charge in [0, 0.05) is 26.4 Å². The Hall–Kier alpha value is -0.400. The van der Waals surface area contributed by atoms with Gasteiger partial charge in [0.1, 0.15) is 0 Å². The summed E-state index contributed by atoms with van der Waals surface area (Å²) in [5.41, 5.74) is 0. The van der Waals surface area contributed by atoms with Gasteiger partial charge in [0.05, 0.1) is 39.5 Å². The van der Waals surface area contributed by atoms with Crippen molar-refractivity contribution in [2.45, 2.75) is 25.7 Å². The summed E-state index contributed by atoms with van der Waals surface area (Å²) in [5.74, 6) is 0. The Kier molecular flexibility index (Phi) is 18.6. The zero-order chi connectivity index (χ0) is 17.9. The highest BCUT2D eigenvalue weighted by Crippen LogP contribution is 2.01. The third kappa shape index (κ3) is 15.1. The Balaban J connectivity index is 4.21. The quantitative estimate of drug-likeness (QED) is 0.166. The summed E-state index contributed by atoms with van der Waals surface area (Å²) < 4.78 is 0. The van der Waals surface area contributed by atoms with Crippen molar-refractivity contribution in [2.24, 2.45) is 0 Å². The second kappa shape index (κ2) is 18.9. The third-order valence-electron chi connectivity index (χ3n) is 2.62. The molecule has 0 aromatic rings. The van der Waals surface area contributed by atoms with E-state index in [2.05, 4.69) is 0 Å². The van der Waals surface area contributed by atoms with Gasteiger partial charge >= 0.3 is 0 Å². The lowest BCUT2D eigenvalue weighted by Gasteiger charge is -2.25. The van der Waals surface area contributed by atoms with E-state index in [9.17, 15) is 0 Å². The molecule has 0 aliphatic carbocycles. The van der Waals surface area contributed by atoms with Gasteiger partial charge in [-0.15, -0.1) is 0 Å². The molecule has 0 aromatic carbocycles. The number of hydrogen-bond donors (Lipinski definition) is 4. The Labute approximate surface area is 142 Å². The number of aliphatic hydroxyl groups is 4. The summed E-state index contributed by atoms with van der Waals surface area (Å²) in [4.78, 5) is 21.5. The maximum Gasteiger partial charge on any atom is 0.0733 e. The van der Waals surface area contributed by atoms with Crippen molar-refractivity contribution in [1.82, 2.24) is 10.5 Å². The van der Waals surface area contributed by atoms with Crippen LogP contribution in [0.25, 0.3) is 0 Å². The summed E-state index contributed by atoms with van der Waals surface area (Å²) >= 11 is 0. The van der Waals surface area contributed by atoms with E-state index >= 15 is 0 Å². The second-order valence-corrected chi connectivity index (χ2v) is 4.75. The lowest BCUT2D eigenvalue weighted by molar-refractivity contribution is -0.402. The normalized spacial score (nSPS) is 11.8. The van der Waals surface area contributed by atoms with Crippen LogP contribution in [0.15, 0.2) is 0 Å². The lowest BCUT2D eigenvalue weighted by Crippen LogP contribution is -2.36. The Bertz CT molecular complexity index is 207. The van der Waals surface area contributed by atoms with E-state index in [4.69, 9.17) is 39.8 Å². The van der Waals surface area contributed by atoms with Crippen LogP contribution in [0.3, 0.4) is 0 Å². The van der Waals surface area contributed by atoms with Crippen LogP contribution in [0.5, 0.6) is 0 Å². The fraction of sp³-hybridized carbons (Fsp3) is 1.00. The van der Waals surface area contributed by atoms with Gasteiger partial charge in [-0.3, -0.25) is 19.4 Å². The van der Waals surface area contributed by atoms with Crippen LogP contribution >= 0.6 is 0 Å². The first kappa shape index (κ1) is 23.6. The molecular formula is C14H32N2O8. The molecule has 0 fully saturated rings. The maximum atomic E-state index is 8.79. The molecule has 0 aromatic heterocycles.